The molecular weight excluding hydrogens is 290 g/mol. The summed E-state index contributed by atoms with van der Waals surface area (Å²) < 4.78 is 6.02. The lowest BCUT2D eigenvalue weighted by Crippen LogP contribution is -2.20. The van der Waals surface area contributed by atoms with Crippen LogP contribution in [0.25, 0.3) is 21.9 Å². The maximum atomic E-state index is 6.02. The molecule has 3 heteroatoms. The van der Waals surface area contributed by atoms with Gasteiger partial charge in [0.15, 0.2) is 5.58 Å². The van der Waals surface area contributed by atoms with Crippen LogP contribution in [0.4, 0.5) is 0 Å². The number of oxazole rings is 1. The van der Waals surface area contributed by atoms with E-state index >= 15 is 0 Å². The molecule has 2 heterocycles. The van der Waals surface area contributed by atoms with E-state index in [4.69, 9.17) is 9.40 Å². The van der Waals surface area contributed by atoms with Crippen molar-refractivity contribution >= 4 is 22.4 Å². The largest absolute Gasteiger partial charge is 0.435 e. The van der Waals surface area contributed by atoms with Gasteiger partial charge in [-0.05, 0) is 39.5 Å². The molecule has 0 atom stereocenters. The van der Waals surface area contributed by atoms with Crippen LogP contribution in [-0.2, 0) is 10.8 Å². The minimum absolute atomic E-state index is 0.0542. The Morgan fingerprint density at radius 2 is 1.64 bits per heavy atom. The first-order valence-corrected chi connectivity index (χ1v) is 8.54. The van der Waals surface area contributed by atoms with Crippen LogP contribution in [0, 0.1) is 0 Å². The Kier molecular flexibility index (Phi) is 3.44. The molecule has 2 aromatic heterocycles. The van der Waals surface area contributed by atoms with E-state index in [9.17, 15) is 0 Å². The van der Waals surface area contributed by atoms with E-state index in [1.807, 2.05) is 24.3 Å². The van der Waals surface area contributed by atoms with Crippen LogP contribution >= 0.6 is 11.3 Å². The first-order valence-electron chi connectivity index (χ1n) is 7.66. The molecule has 0 aliphatic carbocycles. The maximum absolute atomic E-state index is 6.02. The van der Waals surface area contributed by atoms with Crippen molar-refractivity contribution in [3.63, 3.8) is 0 Å². The van der Waals surface area contributed by atoms with Crippen LogP contribution < -0.4 is 0 Å². The van der Waals surface area contributed by atoms with Crippen molar-refractivity contribution in [3.05, 3.63) is 40.8 Å². The van der Waals surface area contributed by atoms with Gasteiger partial charge in [0.05, 0.1) is 4.88 Å². The van der Waals surface area contributed by atoms with Crippen LogP contribution in [-0.4, -0.2) is 4.98 Å². The van der Waals surface area contributed by atoms with Crippen LogP contribution in [0.1, 0.15) is 52.7 Å². The van der Waals surface area contributed by atoms with Crippen LogP contribution in [0.2, 0.25) is 0 Å². The molecule has 3 rings (SSSR count). The average molecular weight is 313 g/mol. The fourth-order valence-corrected chi connectivity index (χ4v) is 4.21. The van der Waals surface area contributed by atoms with Gasteiger partial charge in [0, 0.05) is 0 Å². The van der Waals surface area contributed by atoms with Gasteiger partial charge < -0.3 is 4.42 Å². The quantitative estimate of drug-likeness (QED) is 0.538. The molecule has 0 aliphatic heterocycles. The monoisotopic (exact) mass is 313 g/mol. The molecule has 0 spiro atoms. The topological polar surface area (TPSA) is 26.0 Å². The zero-order valence-corrected chi connectivity index (χ0v) is 15.0. The lowest BCUT2D eigenvalue weighted by atomic mass is 9.76. The second-order valence-corrected chi connectivity index (χ2v) is 8.72. The smallest absolute Gasteiger partial charge is 0.237 e. The van der Waals surface area contributed by atoms with E-state index in [0.717, 1.165) is 21.9 Å². The summed E-state index contributed by atoms with van der Waals surface area (Å²) in [5, 5.41) is 2.27. The van der Waals surface area contributed by atoms with Gasteiger partial charge in [-0.3, -0.25) is 0 Å². The van der Waals surface area contributed by atoms with Crippen molar-refractivity contribution in [2.45, 2.75) is 52.4 Å². The number of fused-ring (bicyclic) bond motifs is 1. The van der Waals surface area contributed by atoms with E-state index in [2.05, 4.69) is 46.9 Å². The Hall–Kier alpha value is -1.61. The van der Waals surface area contributed by atoms with Crippen molar-refractivity contribution in [2.24, 2.45) is 0 Å². The third-order valence-electron chi connectivity index (χ3n) is 3.84. The molecule has 0 radical (unpaired) electrons. The Morgan fingerprint density at radius 3 is 2.23 bits per heavy atom. The highest BCUT2D eigenvalue weighted by Gasteiger charge is 2.31. The summed E-state index contributed by atoms with van der Waals surface area (Å²) in [7, 11) is 0. The first kappa shape index (κ1) is 15.3. The molecular formula is C19H23NOS. The summed E-state index contributed by atoms with van der Waals surface area (Å²) in [6.45, 7) is 13.6. The third kappa shape index (κ3) is 2.58. The lowest BCUT2D eigenvalue weighted by Gasteiger charge is -2.27. The molecule has 0 N–H and O–H groups in total. The fraction of sp³-hybridized carbons (Fsp3) is 0.421. The molecule has 116 valence electrons. The molecule has 22 heavy (non-hydrogen) atoms. The van der Waals surface area contributed by atoms with Crippen LogP contribution in [0.5, 0.6) is 0 Å². The predicted octanol–water partition coefficient (Wildman–Crippen LogP) is 6.15. The Morgan fingerprint density at radius 1 is 0.955 bits per heavy atom. The number of para-hydroxylation sites is 2. The summed E-state index contributed by atoms with van der Waals surface area (Å²) in [4.78, 5) is 5.86. The van der Waals surface area contributed by atoms with Crippen LogP contribution in [0.15, 0.2) is 34.1 Å². The number of rotatable bonds is 1. The lowest BCUT2D eigenvalue weighted by molar-refractivity contribution is 0.532. The number of hydrogen-bond acceptors (Lipinski definition) is 3. The van der Waals surface area contributed by atoms with Gasteiger partial charge >= 0.3 is 0 Å². The minimum atomic E-state index is 0.0542. The molecule has 0 aliphatic rings. The van der Waals surface area contributed by atoms with Crippen LogP contribution in [0.3, 0.4) is 0 Å². The van der Waals surface area contributed by atoms with Gasteiger partial charge in [-0.15, -0.1) is 11.3 Å². The Balaban J connectivity index is 2.25. The standard InChI is InChI=1S/C19H23NOS/c1-18(2,3)12-11-22-16(15(12)19(4,5)6)17-20-13-9-7-8-10-14(13)21-17/h7-11H,1-6H3. The SMILES string of the molecule is CC(C)(C)c1csc(-c2nc3ccccc3o2)c1C(C)(C)C. The first-order chi connectivity index (χ1) is 10.2. The van der Waals surface area contributed by atoms with E-state index in [0.29, 0.717) is 0 Å². The zero-order valence-electron chi connectivity index (χ0n) is 14.2. The van der Waals surface area contributed by atoms with E-state index < -0.39 is 0 Å². The van der Waals surface area contributed by atoms with Gasteiger partial charge in [0.1, 0.15) is 5.52 Å². The van der Waals surface area contributed by atoms with Crippen molar-refractivity contribution in [2.75, 3.05) is 0 Å². The van der Waals surface area contributed by atoms with Crippen molar-refractivity contribution in [1.29, 1.82) is 0 Å². The molecule has 0 unspecified atom stereocenters. The van der Waals surface area contributed by atoms with Crippen molar-refractivity contribution < 1.29 is 4.42 Å². The second-order valence-electron chi connectivity index (χ2n) is 7.84. The second kappa shape index (κ2) is 4.95. The third-order valence-corrected chi connectivity index (χ3v) is 4.81. The average Bonchev–Trinajstić information content (AvgIpc) is 3.01. The molecule has 1 aromatic carbocycles. The zero-order chi connectivity index (χ0) is 16.1. The molecule has 0 bridgehead atoms. The normalized spacial score (nSPS) is 13.0. The molecule has 0 amide bonds. The highest BCUT2D eigenvalue weighted by Crippen LogP contribution is 2.44. The Bertz CT molecular complexity index is 779. The molecule has 2 nitrogen and oxygen atoms in total. The van der Waals surface area contributed by atoms with Gasteiger partial charge in [-0.25, -0.2) is 4.98 Å². The molecule has 0 fully saturated rings. The van der Waals surface area contributed by atoms with Crippen molar-refractivity contribution in [3.8, 4) is 10.8 Å². The number of nitrogens with zero attached hydrogens (tertiary/aromatic N) is 1. The number of aromatic nitrogens is 1. The number of thiophene rings is 1. The van der Waals surface area contributed by atoms with Crippen molar-refractivity contribution in [1.82, 2.24) is 4.98 Å². The van der Waals surface area contributed by atoms with E-state index in [1.54, 1.807) is 11.3 Å². The van der Waals surface area contributed by atoms with Gasteiger partial charge in [-0.2, -0.15) is 0 Å². The van der Waals surface area contributed by atoms with Gasteiger partial charge in [0.25, 0.3) is 0 Å². The molecule has 0 saturated carbocycles. The molecule has 3 aromatic rings. The van der Waals surface area contributed by atoms with E-state index in [-0.39, 0.29) is 10.8 Å². The summed E-state index contributed by atoms with van der Waals surface area (Å²) in [6.07, 6.45) is 0. The molecule has 0 saturated heterocycles. The summed E-state index contributed by atoms with van der Waals surface area (Å²) in [5.74, 6) is 0.742. The van der Waals surface area contributed by atoms with E-state index in [1.165, 1.54) is 11.1 Å². The maximum Gasteiger partial charge on any atom is 0.237 e. The van der Waals surface area contributed by atoms with Gasteiger partial charge in [-0.1, -0.05) is 53.7 Å². The summed E-state index contributed by atoms with van der Waals surface area (Å²) in [6, 6.07) is 7.95. The number of benzene rings is 1. The summed E-state index contributed by atoms with van der Waals surface area (Å²) >= 11 is 1.74. The fourth-order valence-electron chi connectivity index (χ4n) is 2.78. The number of hydrogen-bond donors (Lipinski definition) is 0. The predicted molar refractivity (Wildman–Crippen MR) is 94.7 cm³/mol. The van der Waals surface area contributed by atoms with Gasteiger partial charge in [0.2, 0.25) is 5.89 Å². The minimum Gasteiger partial charge on any atom is -0.435 e. The highest BCUT2D eigenvalue weighted by atomic mass is 32.1. The summed E-state index contributed by atoms with van der Waals surface area (Å²) in [5.41, 5.74) is 4.69. The highest BCUT2D eigenvalue weighted by molar-refractivity contribution is 7.13. The Labute approximate surface area is 136 Å².